The third kappa shape index (κ3) is 2.90. The highest BCUT2D eigenvalue weighted by Gasteiger charge is 2.59. The van der Waals surface area contributed by atoms with E-state index in [2.05, 4.69) is 18.3 Å². The summed E-state index contributed by atoms with van der Waals surface area (Å²) in [6, 6.07) is 18.2. The Kier molecular flexibility index (Phi) is 4.27. The zero-order valence-corrected chi connectivity index (χ0v) is 15.1. The lowest BCUT2D eigenvalue weighted by Gasteiger charge is -2.27. The van der Waals surface area contributed by atoms with Gasteiger partial charge in [0, 0.05) is 18.3 Å². The van der Waals surface area contributed by atoms with Crippen LogP contribution in [0.25, 0.3) is 0 Å². The predicted molar refractivity (Wildman–Crippen MR) is 102 cm³/mol. The van der Waals surface area contributed by atoms with E-state index < -0.39 is 5.41 Å². The maximum absolute atomic E-state index is 13.2. The molecule has 2 aliphatic rings. The number of carbonyl (C=O) groups is 2. The second-order valence-corrected chi connectivity index (χ2v) is 7.43. The first-order valence-electron chi connectivity index (χ1n) is 9.36. The topological polar surface area (TPSA) is 49.4 Å². The first-order chi connectivity index (χ1) is 12.6. The summed E-state index contributed by atoms with van der Waals surface area (Å²) >= 11 is 0. The van der Waals surface area contributed by atoms with E-state index in [0.717, 1.165) is 18.5 Å². The molecule has 1 atom stereocenters. The Morgan fingerprint density at radius 2 is 1.77 bits per heavy atom. The van der Waals surface area contributed by atoms with E-state index in [1.165, 1.54) is 11.1 Å². The highest BCUT2D eigenvalue weighted by molar-refractivity contribution is 6.15. The standard InChI is InChI=1S/C22H24N2O2/c1-16-15-18-9-5-6-10-19(18)24(16)21(26)22(12-13-22)20(25)23-14-11-17-7-3-2-4-8-17/h2-10,16H,11-15H2,1H3,(H,23,25). The van der Waals surface area contributed by atoms with E-state index in [9.17, 15) is 9.59 Å². The molecule has 1 fully saturated rings. The summed E-state index contributed by atoms with van der Waals surface area (Å²) in [4.78, 5) is 27.9. The Labute approximate surface area is 154 Å². The molecule has 1 aliphatic heterocycles. The van der Waals surface area contributed by atoms with E-state index in [-0.39, 0.29) is 17.9 Å². The van der Waals surface area contributed by atoms with Crippen molar-refractivity contribution >= 4 is 17.5 Å². The van der Waals surface area contributed by atoms with Crippen LogP contribution in [0.3, 0.4) is 0 Å². The van der Waals surface area contributed by atoms with Crippen molar-refractivity contribution in [2.24, 2.45) is 5.41 Å². The van der Waals surface area contributed by atoms with Crippen LogP contribution in [0.1, 0.15) is 30.9 Å². The molecular weight excluding hydrogens is 324 g/mol. The molecule has 4 heteroatoms. The van der Waals surface area contributed by atoms with Crippen molar-refractivity contribution in [2.45, 2.75) is 38.6 Å². The van der Waals surface area contributed by atoms with E-state index in [0.29, 0.717) is 19.4 Å². The van der Waals surface area contributed by atoms with Crippen LogP contribution in [0.15, 0.2) is 54.6 Å². The highest BCUT2D eigenvalue weighted by Crippen LogP contribution is 2.49. The molecule has 1 heterocycles. The van der Waals surface area contributed by atoms with Crippen molar-refractivity contribution in [3.05, 3.63) is 65.7 Å². The number of nitrogens with zero attached hydrogens (tertiary/aromatic N) is 1. The third-order valence-electron chi connectivity index (χ3n) is 5.56. The molecule has 1 aliphatic carbocycles. The van der Waals surface area contributed by atoms with Crippen molar-refractivity contribution in [1.82, 2.24) is 5.32 Å². The van der Waals surface area contributed by atoms with Gasteiger partial charge in [0.15, 0.2) is 0 Å². The number of anilines is 1. The van der Waals surface area contributed by atoms with Gasteiger partial charge in [-0.2, -0.15) is 0 Å². The number of amides is 2. The maximum Gasteiger partial charge on any atom is 0.242 e. The van der Waals surface area contributed by atoms with Crippen molar-refractivity contribution in [3.63, 3.8) is 0 Å². The van der Waals surface area contributed by atoms with E-state index >= 15 is 0 Å². The van der Waals surface area contributed by atoms with Crippen LogP contribution < -0.4 is 10.2 Å². The lowest BCUT2D eigenvalue weighted by molar-refractivity contribution is -0.135. The van der Waals surface area contributed by atoms with Gasteiger partial charge in [0.1, 0.15) is 5.41 Å². The number of hydrogen-bond donors (Lipinski definition) is 1. The van der Waals surface area contributed by atoms with Crippen LogP contribution in [0, 0.1) is 5.41 Å². The molecule has 2 aromatic rings. The molecule has 2 amide bonds. The summed E-state index contributed by atoms with van der Waals surface area (Å²) in [5.74, 6) is -0.151. The van der Waals surface area contributed by atoms with Gasteiger partial charge in [-0.05, 0) is 49.8 Å². The van der Waals surface area contributed by atoms with Gasteiger partial charge in [-0.25, -0.2) is 0 Å². The fourth-order valence-corrected chi connectivity index (χ4v) is 3.90. The first kappa shape index (κ1) is 16.8. The van der Waals surface area contributed by atoms with Crippen LogP contribution in [0.2, 0.25) is 0 Å². The van der Waals surface area contributed by atoms with E-state index in [1.807, 2.05) is 53.4 Å². The molecular formula is C22H24N2O2. The summed E-state index contributed by atoms with van der Waals surface area (Å²) in [5, 5.41) is 2.99. The molecule has 4 rings (SSSR count). The molecule has 0 aromatic heterocycles. The minimum absolute atomic E-state index is 0.0350. The van der Waals surface area contributed by atoms with E-state index in [4.69, 9.17) is 0 Å². The Balaban J connectivity index is 1.43. The second-order valence-electron chi connectivity index (χ2n) is 7.43. The Morgan fingerprint density at radius 1 is 1.08 bits per heavy atom. The van der Waals surface area contributed by atoms with Gasteiger partial charge >= 0.3 is 0 Å². The average Bonchev–Trinajstić information content (AvgIpc) is 3.40. The minimum atomic E-state index is -0.859. The van der Waals surface area contributed by atoms with Crippen LogP contribution >= 0.6 is 0 Å². The number of rotatable bonds is 5. The fourth-order valence-electron chi connectivity index (χ4n) is 3.90. The molecule has 0 bridgehead atoms. The predicted octanol–water partition coefficient (Wildman–Crippen LogP) is 3.10. The number of nitrogens with one attached hydrogen (secondary N) is 1. The molecule has 26 heavy (non-hydrogen) atoms. The number of carbonyl (C=O) groups excluding carboxylic acids is 2. The molecule has 0 saturated heterocycles. The van der Waals surface area contributed by atoms with Gasteiger partial charge in [0.2, 0.25) is 11.8 Å². The van der Waals surface area contributed by atoms with Gasteiger partial charge in [0.25, 0.3) is 0 Å². The first-order valence-corrected chi connectivity index (χ1v) is 9.36. The minimum Gasteiger partial charge on any atom is -0.355 e. The van der Waals surface area contributed by atoms with Crippen molar-refractivity contribution < 1.29 is 9.59 Å². The van der Waals surface area contributed by atoms with Crippen LogP contribution in [0.4, 0.5) is 5.69 Å². The monoisotopic (exact) mass is 348 g/mol. The molecule has 1 unspecified atom stereocenters. The summed E-state index contributed by atoms with van der Waals surface area (Å²) in [6.45, 7) is 2.62. The Hall–Kier alpha value is -2.62. The highest BCUT2D eigenvalue weighted by atomic mass is 16.2. The smallest absolute Gasteiger partial charge is 0.242 e. The average molecular weight is 348 g/mol. The number of para-hydroxylation sites is 1. The molecule has 1 N–H and O–H groups in total. The summed E-state index contributed by atoms with van der Waals surface area (Å²) in [5.41, 5.74) is 2.48. The van der Waals surface area contributed by atoms with Crippen molar-refractivity contribution in [1.29, 1.82) is 0 Å². The number of fused-ring (bicyclic) bond motifs is 1. The van der Waals surface area contributed by atoms with Gasteiger partial charge in [-0.15, -0.1) is 0 Å². The SMILES string of the molecule is CC1Cc2ccccc2N1C(=O)C1(C(=O)NCCc2ccccc2)CC1. The summed E-state index contributed by atoms with van der Waals surface area (Å²) < 4.78 is 0. The van der Waals surface area contributed by atoms with Crippen LogP contribution in [-0.4, -0.2) is 24.4 Å². The molecule has 2 aromatic carbocycles. The quantitative estimate of drug-likeness (QED) is 0.844. The summed E-state index contributed by atoms with van der Waals surface area (Å²) in [7, 11) is 0. The third-order valence-corrected chi connectivity index (χ3v) is 5.56. The fraction of sp³-hybridized carbons (Fsp3) is 0.364. The maximum atomic E-state index is 13.2. The van der Waals surface area contributed by atoms with Gasteiger partial charge in [-0.1, -0.05) is 48.5 Å². The normalized spacial score (nSPS) is 19.7. The zero-order valence-electron chi connectivity index (χ0n) is 15.1. The van der Waals surface area contributed by atoms with Crippen molar-refractivity contribution in [3.8, 4) is 0 Å². The Morgan fingerprint density at radius 3 is 2.50 bits per heavy atom. The summed E-state index contributed by atoms with van der Waals surface area (Å²) in [6.07, 6.45) is 2.93. The number of hydrogen-bond acceptors (Lipinski definition) is 2. The molecule has 0 radical (unpaired) electrons. The van der Waals surface area contributed by atoms with Crippen molar-refractivity contribution in [2.75, 3.05) is 11.4 Å². The van der Waals surface area contributed by atoms with Gasteiger partial charge < -0.3 is 10.2 Å². The van der Waals surface area contributed by atoms with Crippen LogP contribution in [0.5, 0.6) is 0 Å². The molecule has 4 nitrogen and oxygen atoms in total. The molecule has 134 valence electrons. The Bertz CT molecular complexity index is 827. The lowest BCUT2D eigenvalue weighted by Crippen LogP contribution is -2.47. The molecule has 0 spiro atoms. The zero-order chi connectivity index (χ0) is 18.1. The van der Waals surface area contributed by atoms with Gasteiger partial charge in [0.05, 0.1) is 0 Å². The van der Waals surface area contributed by atoms with Gasteiger partial charge in [-0.3, -0.25) is 9.59 Å². The second kappa shape index (κ2) is 6.60. The van der Waals surface area contributed by atoms with Crippen LogP contribution in [-0.2, 0) is 22.4 Å². The largest absolute Gasteiger partial charge is 0.355 e. The number of benzene rings is 2. The lowest BCUT2D eigenvalue weighted by atomic mass is 10.0. The van der Waals surface area contributed by atoms with E-state index in [1.54, 1.807) is 0 Å². The molecule has 1 saturated carbocycles.